The Balaban J connectivity index is 1.92. The van der Waals surface area contributed by atoms with Crippen molar-refractivity contribution in [3.05, 3.63) is 70.0 Å². The number of hydrazone groups is 1. The van der Waals surface area contributed by atoms with E-state index in [2.05, 4.69) is 20.5 Å². The average Bonchev–Trinajstić information content (AvgIpc) is 2.73. The standard InChI is InChI=1S/C19H16BN5O4/c1-29-16-8-7-14(20(27)28)9-13(16)11-22-25-19-23-17(12-5-3-2-4-6-12)15(10-21)18(26)24-19/h2-9,11,27-28H,1H3,(H2,23,24,25,26). The summed E-state index contributed by atoms with van der Waals surface area (Å²) in [6, 6.07) is 15.3. The predicted molar refractivity (Wildman–Crippen MR) is 109 cm³/mol. The molecule has 1 heterocycles. The summed E-state index contributed by atoms with van der Waals surface area (Å²) in [4.78, 5) is 19.0. The Morgan fingerprint density at radius 3 is 2.69 bits per heavy atom. The topological polar surface area (TPSA) is 144 Å². The van der Waals surface area contributed by atoms with Crippen LogP contribution in [-0.2, 0) is 0 Å². The fourth-order valence-electron chi connectivity index (χ4n) is 2.61. The normalized spacial score (nSPS) is 10.6. The minimum atomic E-state index is -1.63. The third kappa shape index (κ3) is 4.49. The van der Waals surface area contributed by atoms with Crippen LogP contribution >= 0.6 is 0 Å². The van der Waals surface area contributed by atoms with Crippen LogP contribution in [-0.4, -0.2) is 40.5 Å². The monoisotopic (exact) mass is 389 g/mol. The first-order valence-electron chi connectivity index (χ1n) is 8.46. The largest absolute Gasteiger partial charge is 0.496 e. The van der Waals surface area contributed by atoms with Crippen molar-refractivity contribution in [1.82, 2.24) is 9.97 Å². The molecule has 0 amide bonds. The van der Waals surface area contributed by atoms with Gasteiger partial charge in [0.15, 0.2) is 0 Å². The third-order valence-corrected chi connectivity index (χ3v) is 4.00. The van der Waals surface area contributed by atoms with Crippen molar-refractivity contribution in [2.24, 2.45) is 5.10 Å². The van der Waals surface area contributed by atoms with Gasteiger partial charge < -0.3 is 14.8 Å². The van der Waals surface area contributed by atoms with Crippen molar-refractivity contribution in [1.29, 1.82) is 5.26 Å². The summed E-state index contributed by atoms with van der Waals surface area (Å²) in [5.41, 5.74) is 3.51. The second-order valence-corrected chi connectivity index (χ2v) is 5.86. The van der Waals surface area contributed by atoms with Gasteiger partial charge >= 0.3 is 7.12 Å². The quantitative estimate of drug-likeness (QED) is 0.272. The van der Waals surface area contributed by atoms with E-state index in [9.17, 15) is 20.1 Å². The van der Waals surface area contributed by atoms with Crippen LogP contribution in [0.5, 0.6) is 5.75 Å². The van der Waals surface area contributed by atoms with E-state index in [-0.39, 0.29) is 22.7 Å². The molecule has 0 aliphatic rings. The van der Waals surface area contributed by atoms with Gasteiger partial charge in [-0.3, -0.25) is 9.78 Å². The van der Waals surface area contributed by atoms with Gasteiger partial charge in [0.25, 0.3) is 5.56 Å². The zero-order valence-corrected chi connectivity index (χ0v) is 15.3. The number of benzene rings is 2. The molecule has 0 aliphatic carbocycles. The summed E-state index contributed by atoms with van der Waals surface area (Å²) < 4.78 is 5.22. The molecule has 3 aromatic rings. The molecule has 0 spiro atoms. The highest BCUT2D eigenvalue weighted by Gasteiger charge is 2.14. The zero-order valence-electron chi connectivity index (χ0n) is 15.3. The first-order chi connectivity index (χ1) is 14.0. The molecule has 144 valence electrons. The molecular formula is C19H16BN5O4. The molecule has 0 bridgehead atoms. The molecule has 2 aromatic carbocycles. The first-order valence-corrected chi connectivity index (χ1v) is 8.46. The van der Waals surface area contributed by atoms with Crippen molar-refractivity contribution in [3.63, 3.8) is 0 Å². The van der Waals surface area contributed by atoms with Crippen LogP contribution in [0.2, 0.25) is 0 Å². The van der Waals surface area contributed by atoms with E-state index in [0.717, 1.165) is 0 Å². The van der Waals surface area contributed by atoms with E-state index in [1.807, 2.05) is 12.1 Å². The molecule has 1 aromatic heterocycles. The highest BCUT2D eigenvalue weighted by molar-refractivity contribution is 6.58. The minimum Gasteiger partial charge on any atom is -0.496 e. The predicted octanol–water partition coefficient (Wildman–Crippen LogP) is 0.443. The smallest absolute Gasteiger partial charge is 0.488 e. The number of hydrogen-bond acceptors (Lipinski definition) is 8. The molecule has 0 unspecified atom stereocenters. The maximum absolute atomic E-state index is 12.2. The molecule has 10 heteroatoms. The third-order valence-electron chi connectivity index (χ3n) is 4.00. The number of nitrogens with one attached hydrogen (secondary N) is 2. The number of aromatic nitrogens is 2. The Morgan fingerprint density at radius 1 is 1.28 bits per heavy atom. The Bertz CT molecular complexity index is 1140. The summed E-state index contributed by atoms with van der Waals surface area (Å²) >= 11 is 0. The van der Waals surface area contributed by atoms with Gasteiger partial charge in [-0.2, -0.15) is 10.4 Å². The Hall–Kier alpha value is -3.94. The van der Waals surface area contributed by atoms with Crippen LogP contribution in [0.25, 0.3) is 11.3 Å². The maximum Gasteiger partial charge on any atom is 0.488 e. The zero-order chi connectivity index (χ0) is 20.8. The van der Waals surface area contributed by atoms with Gasteiger partial charge in [0.05, 0.1) is 19.0 Å². The fourth-order valence-corrected chi connectivity index (χ4v) is 2.61. The number of nitrogens with zero attached hydrogens (tertiary/aromatic N) is 3. The molecule has 0 radical (unpaired) electrons. The number of rotatable bonds is 6. The van der Waals surface area contributed by atoms with Gasteiger partial charge in [-0.15, -0.1) is 0 Å². The average molecular weight is 389 g/mol. The Morgan fingerprint density at radius 2 is 2.03 bits per heavy atom. The number of methoxy groups -OCH3 is 1. The van der Waals surface area contributed by atoms with Crippen molar-refractivity contribution >= 4 is 24.7 Å². The van der Waals surface area contributed by atoms with Crippen molar-refractivity contribution < 1.29 is 14.8 Å². The molecule has 0 aliphatic heterocycles. The van der Waals surface area contributed by atoms with Crippen LogP contribution in [0.1, 0.15) is 11.1 Å². The summed E-state index contributed by atoms with van der Waals surface area (Å²) in [5, 5.41) is 31.9. The van der Waals surface area contributed by atoms with Crippen LogP contribution in [0.15, 0.2) is 58.4 Å². The van der Waals surface area contributed by atoms with E-state index in [1.54, 1.807) is 30.3 Å². The van der Waals surface area contributed by atoms with Crippen molar-refractivity contribution in [3.8, 4) is 23.1 Å². The van der Waals surface area contributed by atoms with Crippen molar-refractivity contribution in [2.45, 2.75) is 0 Å². The highest BCUT2D eigenvalue weighted by Crippen LogP contribution is 2.19. The van der Waals surface area contributed by atoms with Crippen LogP contribution in [0.4, 0.5) is 5.95 Å². The maximum atomic E-state index is 12.2. The van der Waals surface area contributed by atoms with Gasteiger partial charge in [-0.25, -0.2) is 10.4 Å². The summed E-state index contributed by atoms with van der Waals surface area (Å²) in [7, 11) is -0.160. The van der Waals surface area contributed by atoms with Gasteiger partial charge in [-0.05, 0) is 17.6 Å². The lowest BCUT2D eigenvalue weighted by Gasteiger charge is -2.08. The highest BCUT2D eigenvalue weighted by atomic mass is 16.5. The van der Waals surface area contributed by atoms with Crippen LogP contribution < -0.4 is 21.2 Å². The van der Waals surface area contributed by atoms with Gasteiger partial charge in [0, 0.05) is 11.1 Å². The second kappa shape index (κ2) is 8.84. The number of nitriles is 1. The Kier molecular flexibility index (Phi) is 6.04. The number of anilines is 1. The van der Waals surface area contributed by atoms with E-state index >= 15 is 0 Å². The molecule has 0 saturated carbocycles. The first kappa shape index (κ1) is 19.8. The number of hydrogen-bond donors (Lipinski definition) is 4. The lowest BCUT2D eigenvalue weighted by molar-refractivity contribution is 0.413. The minimum absolute atomic E-state index is 0.0430. The van der Waals surface area contributed by atoms with E-state index < -0.39 is 12.7 Å². The van der Waals surface area contributed by atoms with E-state index in [4.69, 9.17) is 4.74 Å². The Labute approximate surface area is 166 Å². The van der Waals surface area contributed by atoms with Crippen molar-refractivity contribution in [2.75, 3.05) is 12.5 Å². The lowest BCUT2D eigenvalue weighted by Crippen LogP contribution is -2.30. The molecule has 3 rings (SSSR count). The fraction of sp³-hybridized carbons (Fsp3) is 0.0526. The van der Waals surface area contributed by atoms with Gasteiger partial charge in [0.1, 0.15) is 17.4 Å². The summed E-state index contributed by atoms with van der Waals surface area (Å²) in [6.07, 6.45) is 1.38. The molecule has 9 nitrogen and oxygen atoms in total. The molecular weight excluding hydrogens is 373 g/mol. The molecule has 0 atom stereocenters. The molecule has 4 N–H and O–H groups in total. The van der Waals surface area contributed by atoms with Gasteiger partial charge in [-0.1, -0.05) is 36.4 Å². The number of ether oxygens (including phenoxy) is 1. The van der Waals surface area contributed by atoms with Crippen LogP contribution in [0.3, 0.4) is 0 Å². The second-order valence-electron chi connectivity index (χ2n) is 5.86. The van der Waals surface area contributed by atoms with Crippen LogP contribution in [0, 0.1) is 11.3 Å². The summed E-state index contributed by atoms with van der Waals surface area (Å²) in [5.74, 6) is 0.507. The van der Waals surface area contributed by atoms with E-state index in [0.29, 0.717) is 16.9 Å². The van der Waals surface area contributed by atoms with E-state index in [1.165, 1.54) is 25.5 Å². The summed E-state index contributed by atoms with van der Waals surface area (Å²) in [6.45, 7) is 0. The lowest BCUT2D eigenvalue weighted by atomic mass is 9.79. The number of aromatic amines is 1. The molecule has 0 saturated heterocycles. The number of H-pyrrole nitrogens is 1. The molecule has 29 heavy (non-hydrogen) atoms. The SMILES string of the molecule is COc1ccc(B(O)O)cc1C=NNc1nc(-c2ccccc2)c(C#N)c(=O)[nH]1. The molecule has 0 fully saturated rings. The van der Waals surface area contributed by atoms with Gasteiger partial charge in [0.2, 0.25) is 5.95 Å².